The molecule has 1 atom stereocenters. The van der Waals surface area contributed by atoms with Gasteiger partial charge in [-0.05, 0) is 18.6 Å². The van der Waals surface area contributed by atoms with E-state index in [-0.39, 0.29) is 18.4 Å². The van der Waals surface area contributed by atoms with Gasteiger partial charge in [0.1, 0.15) is 0 Å². The lowest BCUT2D eigenvalue weighted by Crippen LogP contribution is -2.29. The Bertz CT molecular complexity index is 498. The van der Waals surface area contributed by atoms with Gasteiger partial charge in [-0.3, -0.25) is 4.79 Å². The number of rotatable bonds is 4. The van der Waals surface area contributed by atoms with Crippen molar-refractivity contribution in [3.05, 3.63) is 29.8 Å². The van der Waals surface area contributed by atoms with Crippen molar-refractivity contribution in [2.45, 2.75) is 11.3 Å². The molecule has 0 saturated carbocycles. The summed E-state index contributed by atoms with van der Waals surface area (Å²) in [7, 11) is 0. The van der Waals surface area contributed by atoms with Crippen LogP contribution in [0.3, 0.4) is 0 Å². The molecule has 0 aliphatic carbocycles. The fraction of sp³-hybridized carbons (Fsp3) is 0.429. The van der Waals surface area contributed by atoms with Gasteiger partial charge in [0.15, 0.2) is 0 Å². The molecule has 0 radical (unpaired) electrons. The van der Waals surface area contributed by atoms with E-state index < -0.39 is 0 Å². The molecule has 1 aliphatic rings. The van der Waals surface area contributed by atoms with Gasteiger partial charge in [-0.25, -0.2) is 0 Å². The monoisotopic (exact) mass is 276 g/mol. The van der Waals surface area contributed by atoms with Crippen LogP contribution < -0.4 is 0 Å². The van der Waals surface area contributed by atoms with E-state index in [1.807, 2.05) is 18.2 Å². The number of nitriles is 1. The standard InChI is InChI=1S/C14H16N2O2S/c15-6-8-19-13-4-2-1-3-12(13)14(18)16-7-5-11(9-16)10-17/h1-4,11,17H,5,7-10H2. The summed E-state index contributed by atoms with van der Waals surface area (Å²) in [6.45, 7) is 1.45. The highest BCUT2D eigenvalue weighted by atomic mass is 32.2. The molecule has 0 bridgehead atoms. The number of amides is 1. The van der Waals surface area contributed by atoms with Crippen molar-refractivity contribution in [1.29, 1.82) is 5.26 Å². The van der Waals surface area contributed by atoms with Crippen LogP contribution in [0.4, 0.5) is 0 Å². The fourth-order valence-electron chi connectivity index (χ4n) is 2.22. The van der Waals surface area contributed by atoms with Crippen molar-refractivity contribution < 1.29 is 9.90 Å². The summed E-state index contributed by atoms with van der Waals surface area (Å²) >= 11 is 1.38. The maximum absolute atomic E-state index is 12.4. The molecular weight excluding hydrogens is 260 g/mol. The van der Waals surface area contributed by atoms with Crippen molar-refractivity contribution in [2.75, 3.05) is 25.4 Å². The van der Waals surface area contributed by atoms with E-state index in [1.54, 1.807) is 11.0 Å². The number of thioether (sulfide) groups is 1. The minimum Gasteiger partial charge on any atom is -0.396 e. The molecular formula is C14H16N2O2S. The van der Waals surface area contributed by atoms with Gasteiger partial charge in [-0.2, -0.15) is 5.26 Å². The molecule has 1 aliphatic heterocycles. The summed E-state index contributed by atoms with van der Waals surface area (Å²) < 4.78 is 0. The molecule has 2 rings (SSSR count). The van der Waals surface area contributed by atoms with Crippen molar-refractivity contribution in [2.24, 2.45) is 5.92 Å². The number of hydrogen-bond acceptors (Lipinski definition) is 4. The Morgan fingerprint density at radius 2 is 2.32 bits per heavy atom. The van der Waals surface area contributed by atoms with Gasteiger partial charge in [0.05, 0.1) is 17.4 Å². The zero-order chi connectivity index (χ0) is 13.7. The van der Waals surface area contributed by atoms with Crippen LogP contribution in [0.5, 0.6) is 0 Å². The third-order valence-corrected chi connectivity index (χ3v) is 4.18. The van der Waals surface area contributed by atoms with Crippen molar-refractivity contribution >= 4 is 17.7 Å². The van der Waals surface area contributed by atoms with Gasteiger partial charge in [-0.15, -0.1) is 11.8 Å². The third kappa shape index (κ3) is 3.28. The van der Waals surface area contributed by atoms with Crippen LogP contribution in [0.2, 0.25) is 0 Å². The van der Waals surface area contributed by atoms with E-state index in [0.29, 0.717) is 24.4 Å². The molecule has 4 nitrogen and oxygen atoms in total. The molecule has 1 unspecified atom stereocenters. The molecule has 1 aromatic rings. The maximum atomic E-state index is 12.4. The molecule has 1 heterocycles. The lowest BCUT2D eigenvalue weighted by Gasteiger charge is -2.17. The number of hydrogen-bond donors (Lipinski definition) is 1. The molecule has 19 heavy (non-hydrogen) atoms. The molecule has 0 aromatic heterocycles. The van der Waals surface area contributed by atoms with E-state index in [4.69, 9.17) is 10.4 Å². The SMILES string of the molecule is N#CCSc1ccccc1C(=O)N1CCC(CO)C1. The topological polar surface area (TPSA) is 64.3 Å². The van der Waals surface area contributed by atoms with Crippen molar-refractivity contribution in [3.63, 3.8) is 0 Å². The first-order valence-corrected chi connectivity index (χ1v) is 7.23. The van der Waals surface area contributed by atoms with Crippen LogP contribution in [0, 0.1) is 17.2 Å². The number of likely N-dealkylation sites (tertiary alicyclic amines) is 1. The largest absolute Gasteiger partial charge is 0.396 e. The zero-order valence-corrected chi connectivity index (χ0v) is 11.4. The second-order valence-corrected chi connectivity index (χ2v) is 5.55. The molecule has 0 spiro atoms. The van der Waals surface area contributed by atoms with Crippen LogP contribution in [-0.4, -0.2) is 41.4 Å². The lowest BCUT2D eigenvalue weighted by molar-refractivity contribution is 0.0778. The Hall–Kier alpha value is -1.51. The summed E-state index contributed by atoms with van der Waals surface area (Å²) in [5.41, 5.74) is 0.654. The van der Waals surface area contributed by atoms with Gasteiger partial charge in [-0.1, -0.05) is 12.1 Å². The second kappa shape index (κ2) is 6.60. The molecule has 1 aromatic carbocycles. The average Bonchev–Trinajstić information content (AvgIpc) is 2.93. The van der Waals surface area contributed by atoms with E-state index in [0.717, 1.165) is 11.3 Å². The van der Waals surface area contributed by atoms with Gasteiger partial charge in [0.2, 0.25) is 0 Å². The average molecular weight is 276 g/mol. The molecule has 5 heteroatoms. The summed E-state index contributed by atoms with van der Waals surface area (Å²) in [6.07, 6.45) is 0.857. The minimum absolute atomic E-state index is 0.00279. The molecule has 1 amide bonds. The molecule has 1 N–H and O–H groups in total. The Morgan fingerprint density at radius 1 is 1.53 bits per heavy atom. The molecule has 1 saturated heterocycles. The molecule has 100 valence electrons. The van der Waals surface area contributed by atoms with E-state index >= 15 is 0 Å². The Labute approximate surface area is 117 Å². The normalized spacial score (nSPS) is 18.3. The predicted octanol–water partition coefficient (Wildman–Crippen LogP) is 1.76. The van der Waals surface area contributed by atoms with Gasteiger partial charge in [0.25, 0.3) is 5.91 Å². The summed E-state index contributed by atoms with van der Waals surface area (Å²) in [5, 5.41) is 17.8. The summed E-state index contributed by atoms with van der Waals surface area (Å²) in [6, 6.07) is 9.45. The second-order valence-electron chi connectivity index (χ2n) is 4.53. The quantitative estimate of drug-likeness (QED) is 0.851. The Kier molecular flexibility index (Phi) is 4.83. The summed E-state index contributed by atoms with van der Waals surface area (Å²) in [4.78, 5) is 15.1. The number of carbonyl (C=O) groups is 1. The first-order valence-electron chi connectivity index (χ1n) is 6.25. The van der Waals surface area contributed by atoms with Crippen molar-refractivity contribution in [1.82, 2.24) is 4.90 Å². The fourth-order valence-corrected chi connectivity index (χ4v) is 2.92. The maximum Gasteiger partial charge on any atom is 0.255 e. The van der Waals surface area contributed by atoms with Crippen molar-refractivity contribution in [3.8, 4) is 6.07 Å². The van der Waals surface area contributed by atoms with Gasteiger partial charge < -0.3 is 10.0 Å². The number of carbonyl (C=O) groups excluding carboxylic acids is 1. The Balaban J connectivity index is 2.13. The Morgan fingerprint density at radius 3 is 3.00 bits per heavy atom. The van der Waals surface area contributed by atoms with Crippen LogP contribution in [-0.2, 0) is 0 Å². The van der Waals surface area contributed by atoms with Crippen LogP contribution >= 0.6 is 11.8 Å². The first kappa shape index (κ1) is 13.9. The van der Waals surface area contributed by atoms with E-state index in [9.17, 15) is 4.79 Å². The van der Waals surface area contributed by atoms with Gasteiger partial charge >= 0.3 is 0 Å². The zero-order valence-electron chi connectivity index (χ0n) is 10.6. The highest BCUT2D eigenvalue weighted by Gasteiger charge is 2.27. The van der Waals surface area contributed by atoms with Crippen LogP contribution in [0.15, 0.2) is 29.2 Å². The summed E-state index contributed by atoms with van der Waals surface area (Å²) in [5.74, 6) is 0.531. The molecule has 1 fully saturated rings. The first-order chi connectivity index (χ1) is 9.26. The highest BCUT2D eigenvalue weighted by Crippen LogP contribution is 2.25. The number of aliphatic hydroxyl groups is 1. The minimum atomic E-state index is -0.00279. The number of aliphatic hydroxyl groups excluding tert-OH is 1. The number of benzene rings is 1. The predicted molar refractivity (Wildman–Crippen MR) is 73.9 cm³/mol. The highest BCUT2D eigenvalue weighted by molar-refractivity contribution is 7.99. The van der Waals surface area contributed by atoms with E-state index in [1.165, 1.54) is 11.8 Å². The smallest absolute Gasteiger partial charge is 0.255 e. The lowest BCUT2D eigenvalue weighted by atomic mass is 10.1. The third-order valence-electron chi connectivity index (χ3n) is 3.24. The van der Waals surface area contributed by atoms with E-state index in [2.05, 4.69) is 6.07 Å². The van der Waals surface area contributed by atoms with Gasteiger partial charge in [0, 0.05) is 30.5 Å². The van der Waals surface area contributed by atoms with Crippen LogP contribution in [0.25, 0.3) is 0 Å². The number of nitrogens with zero attached hydrogens (tertiary/aromatic N) is 2. The van der Waals surface area contributed by atoms with Crippen LogP contribution in [0.1, 0.15) is 16.8 Å².